The van der Waals surface area contributed by atoms with E-state index in [1.54, 1.807) is 6.92 Å². The van der Waals surface area contributed by atoms with Crippen molar-refractivity contribution < 1.29 is 18.8 Å². The van der Waals surface area contributed by atoms with Crippen molar-refractivity contribution in [3.8, 4) is 0 Å². The van der Waals surface area contributed by atoms with E-state index >= 15 is 0 Å². The zero-order valence-electron chi connectivity index (χ0n) is 15.6. The van der Waals surface area contributed by atoms with Crippen LogP contribution < -0.4 is 16.8 Å². The molecule has 0 aromatic carbocycles. The summed E-state index contributed by atoms with van der Waals surface area (Å²) in [6.07, 6.45) is 2.59. The first-order valence-corrected chi connectivity index (χ1v) is 10.6. The summed E-state index contributed by atoms with van der Waals surface area (Å²) in [5.74, 6) is -0.0388. The van der Waals surface area contributed by atoms with E-state index < -0.39 is 13.3 Å². The van der Waals surface area contributed by atoms with Gasteiger partial charge in [-0.1, -0.05) is 26.7 Å². The molecule has 0 aromatic rings. The molecule has 6 N–H and O–H groups in total. The third kappa shape index (κ3) is 5.97. The monoisotopic (exact) mass is 376 g/mol. The van der Waals surface area contributed by atoms with E-state index in [4.69, 9.17) is 16.0 Å². The first-order valence-electron chi connectivity index (χ1n) is 8.98. The molecular formula is C16H33N4O4P. The number of nitrogens with two attached hydrogens (primary N) is 2. The largest absolute Gasteiger partial charge is 0.370 e. The molecule has 1 aliphatic carbocycles. The van der Waals surface area contributed by atoms with Gasteiger partial charge in [-0.05, 0) is 25.7 Å². The highest BCUT2D eigenvalue weighted by molar-refractivity contribution is 7.53. The second-order valence-corrected chi connectivity index (χ2v) is 8.81. The third-order valence-corrected chi connectivity index (χ3v) is 7.00. The van der Waals surface area contributed by atoms with E-state index in [1.807, 2.05) is 0 Å². The number of carbonyl (C=O) groups is 1. The van der Waals surface area contributed by atoms with Gasteiger partial charge < -0.3 is 26.2 Å². The smallest absolute Gasteiger partial charge is 0.331 e. The van der Waals surface area contributed by atoms with Gasteiger partial charge in [-0.15, -0.1) is 0 Å². The molecule has 0 heterocycles. The molecule has 0 radical (unpaired) electrons. The maximum absolute atomic E-state index is 12.5. The SMILES string of the molecule is CCOP(=O)(O)[C@@H]1C[C@@H]([C@@H](NC(C)=O)C(CC)CC)[C@H](N=C(N)N)C1. The molecule has 1 rings (SSSR count). The molecule has 0 aliphatic heterocycles. The van der Waals surface area contributed by atoms with Gasteiger partial charge in [-0.25, -0.2) is 4.99 Å². The lowest BCUT2D eigenvalue weighted by molar-refractivity contribution is -0.120. The number of carbonyl (C=O) groups excluding carboxylic acids is 1. The van der Waals surface area contributed by atoms with Crippen LogP contribution >= 0.6 is 7.60 Å². The van der Waals surface area contributed by atoms with Crippen molar-refractivity contribution in [2.24, 2.45) is 28.3 Å². The minimum absolute atomic E-state index is 0.0500. The molecule has 0 bridgehead atoms. The van der Waals surface area contributed by atoms with Crippen LogP contribution in [0.2, 0.25) is 0 Å². The maximum Gasteiger partial charge on any atom is 0.331 e. The molecule has 1 fully saturated rings. The van der Waals surface area contributed by atoms with E-state index in [0.717, 1.165) is 12.8 Å². The van der Waals surface area contributed by atoms with E-state index in [1.165, 1.54) is 6.92 Å². The summed E-state index contributed by atoms with van der Waals surface area (Å²) in [6.45, 7) is 7.48. The molecule has 5 atom stereocenters. The molecule has 1 amide bonds. The maximum atomic E-state index is 12.5. The zero-order chi connectivity index (χ0) is 19.2. The molecule has 1 aliphatic rings. The van der Waals surface area contributed by atoms with Crippen LogP contribution in [0.1, 0.15) is 53.4 Å². The normalized spacial score (nSPS) is 26.9. The van der Waals surface area contributed by atoms with Crippen LogP contribution in [0, 0.1) is 11.8 Å². The van der Waals surface area contributed by atoms with E-state index in [9.17, 15) is 14.3 Å². The molecule has 146 valence electrons. The fraction of sp³-hybridized carbons (Fsp3) is 0.875. The van der Waals surface area contributed by atoms with Gasteiger partial charge >= 0.3 is 7.60 Å². The van der Waals surface area contributed by atoms with Gasteiger partial charge in [0.05, 0.1) is 18.3 Å². The highest BCUT2D eigenvalue weighted by Gasteiger charge is 2.48. The predicted octanol–water partition coefficient (Wildman–Crippen LogP) is 1.57. The van der Waals surface area contributed by atoms with Crippen LogP contribution in [0.15, 0.2) is 4.99 Å². The number of hydrogen-bond donors (Lipinski definition) is 4. The fourth-order valence-corrected chi connectivity index (χ4v) is 5.48. The first kappa shape index (κ1) is 21.9. The molecule has 9 heteroatoms. The van der Waals surface area contributed by atoms with Crippen LogP contribution in [0.5, 0.6) is 0 Å². The Morgan fingerprint density at radius 1 is 1.32 bits per heavy atom. The van der Waals surface area contributed by atoms with Gasteiger partial charge in [-0.2, -0.15) is 0 Å². The second kappa shape index (κ2) is 9.55. The average Bonchev–Trinajstić information content (AvgIpc) is 2.90. The van der Waals surface area contributed by atoms with Crippen molar-refractivity contribution >= 4 is 19.5 Å². The summed E-state index contributed by atoms with van der Waals surface area (Å²) >= 11 is 0. The van der Waals surface area contributed by atoms with Crippen LogP contribution in [0.4, 0.5) is 0 Å². The number of rotatable bonds is 9. The summed E-state index contributed by atoms with van der Waals surface area (Å²) < 4.78 is 17.6. The van der Waals surface area contributed by atoms with Crippen molar-refractivity contribution in [3.63, 3.8) is 0 Å². The second-order valence-electron chi connectivity index (χ2n) is 6.70. The van der Waals surface area contributed by atoms with Crippen molar-refractivity contribution in [2.75, 3.05) is 6.61 Å². The Bertz CT molecular complexity index is 520. The van der Waals surface area contributed by atoms with E-state index in [-0.39, 0.29) is 42.4 Å². The Kier molecular flexibility index (Phi) is 8.38. The number of amides is 1. The number of nitrogens with zero attached hydrogens (tertiary/aromatic N) is 1. The van der Waals surface area contributed by atoms with E-state index in [2.05, 4.69) is 24.2 Å². The summed E-state index contributed by atoms with van der Waals surface area (Å²) in [4.78, 5) is 26.3. The van der Waals surface area contributed by atoms with Crippen molar-refractivity contribution in [2.45, 2.75) is 71.1 Å². The summed E-state index contributed by atoms with van der Waals surface area (Å²) in [6, 6.07) is -0.458. The molecule has 25 heavy (non-hydrogen) atoms. The molecule has 0 spiro atoms. The van der Waals surface area contributed by atoms with Gasteiger partial charge in [0.1, 0.15) is 0 Å². The summed E-state index contributed by atoms with van der Waals surface area (Å²) in [5.41, 5.74) is 10.6. The Morgan fingerprint density at radius 2 is 1.92 bits per heavy atom. The highest BCUT2D eigenvalue weighted by Crippen LogP contribution is 2.56. The Balaban J connectivity index is 3.17. The quantitative estimate of drug-likeness (QED) is 0.273. The Morgan fingerprint density at radius 3 is 2.36 bits per heavy atom. The van der Waals surface area contributed by atoms with Gasteiger partial charge in [0.2, 0.25) is 5.91 Å². The highest BCUT2D eigenvalue weighted by atomic mass is 31.2. The van der Waals surface area contributed by atoms with Crippen molar-refractivity contribution in [3.05, 3.63) is 0 Å². The lowest BCUT2D eigenvalue weighted by Crippen LogP contribution is -2.47. The number of guanidine groups is 1. The van der Waals surface area contributed by atoms with Crippen LogP contribution in [0.25, 0.3) is 0 Å². The van der Waals surface area contributed by atoms with Gasteiger partial charge in [0.25, 0.3) is 0 Å². The molecular weight excluding hydrogens is 343 g/mol. The third-order valence-electron chi connectivity index (χ3n) is 5.03. The minimum atomic E-state index is -3.74. The first-order chi connectivity index (χ1) is 11.7. The molecule has 0 saturated heterocycles. The summed E-state index contributed by atoms with van der Waals surface area (Å²) in [7, 11) is -3.74. The number of hydrogen-bond acceptors (Lipinski definition) is 4. The predicted molar refractivity (Wildman–Crippen MR) is 99.2 cm³/mol. The van der Waals surface area contributed by atoms with Crippen LogP contribution in [0.3, 0.4) is 0 Å². The molecule has 8 nitrogen and oxygen atoms in total. The van der Waals surface area contributed by atoms with Crippen molar-refractivity contribution in [1.29, 1.82) is 0 Å². The lowest BCUT2D eigenvalue weighted by atomic mass is 9.82. The van der Waals surface area contributed by atoms with Crippen molar-refractivity contribution in [1.82, 2.24) is 5.32 Å². The van der Waals surface area contributed by atoms with Crippen LogP contribution in [-0.4, -0.2) is 41.1 Å². The Labute approximate surface area is 150 Å². The molecule has 0 aromatic heterocycles. The van der Waals surface area contributed by atoms with E-state index in [0.29, 0.717) is 12.8 Å². The minimum Gasteiger partial charge on any atom is -0.370 e. The fourth-order valence-electron chi connectivity index (χ4n) is 3.91. The average molecular weight is 376 g/mol. The summed E-state index contributed by atoms with van der Waals surface area (Å²) in [5, 5.41) is 3.03. The number of nitrogens with one attached hydrogen (secondary N) is 1. The van der Waals surface area contributed by atoms with Gasteiger partial charge in [0, 0.05) is 18.9 Å². The van der Waals surface area contributed by atoms with Crippen LogP contribution in [-0.2, 0) is 13.9 Å². The number of aliphatic imine (C=N–C) groups is 1. The standard InChI is InChI=1S/C16H33N4O4P/c1-5-11(6-2)15(19-10(4)21)13-8-12(25(22,23)24-7-3)9-14(13)20-16(17)18/h11-15H,5-9H2,1-4H3,(H,19,21)(H,22,23)(H4,17,18,20)/t12-,13-,14-,15+/m1/s1. The molecule has 1 saturated carbocycles. The topological polar surface area (TPSA) is 140 Å². The van der Waals surface area contributed by atoms with Gasteiger partial charge in [-0.3, -0.25) is 9.36 Å². The van der Waals surface area contributed by atoms with Gasteiger partial charge in [0.15, 0.2) is 5.96 Å². The zero-order valence-corrected chi connectivity index (χ0v) is 16.5. The Hall–Kier alpha value is -1.11. The molecule has 1 unspecified atom stereocenters. The lowest BCUT2D eigenvalue weighted by Gasteiger charge is -2.33.